The Bertz CT molecular complexity index is 1100. The van der Waals surface area contributed by atoms with E-state index in [2.05, 4.69) is 15.3 Å². The van der Waals surface area contributed by atoms with E-state index in [0.29, 0.717) is 35.4 Å². The van der Waals surface area contributed by atoms with E-state index in [0.717, 1.165) is 22.3 Å². The Kier molecular flexibility index (Phi) is 5.20. The molecule has 2 heterocycles. The van der Waals surface area contributed by atoms with Gasteiger partial charge in [-0.2, -0.15) is 0 Å². The Morgan fingerprint density at radius 2 is 1.66 bits per heavy atom. The molecule has 0 aliphatic carbocycles. The topological polar surface area (TPSA) is 78.6 Å². The fourth-order valence-electron chi connectivity index (χ4n) is 3.15. The number of methoxy groups -OCH3 is 3. The minimum Gasteiger partial charge on any atom is -0.493 e. The third kappa shape index (κ3) is 3.67. The van der Waals surface area contributed by atoms with Crippen LogP contribution in [0.3, 0.4) is 0 Å². The summed E-state index contributed by atoms with van der Waals surface area (Å²) in [6.45, 7) is 0.509. The van der Waals surface area contributed by atoms with E-state index in [1.54, 1.807) is 27.6 Å². The third-order valence-electron chi connectivity index (χ3n) is 4.53. The molecule has 7 heteroatoms. The molecule has 0 atom stereocenters. The van der Waals surface area contributed by atoms with Gasteiger partial charge in [-0.3, -0.25) is 0 Å². The van der Waals surface area contributed by atoms with Crippen molar-refractivity contribution in [2.75, 3.05) is 26.6 Å². The maximum atomic E-state index is 5.47. The molecule has 29 heavy (non-hydrogen) atoms. The fourth-order valence-corrected chi connectivity index (χ4v) is 3.15. The second-order valence-corrected chi connectivity index (χ2v) is 6.28. The van der Waals surface area contributed by atoms with Crippen molar-refractivity contribution in [2.24, 2.45) is 0 Å². The van der Waals surface area contributed by atoms with Crippen molar-refractivity contribution >= 4 is 16.7 Å². The SMILES string of the molecule is COc1cc(CNc2nc(-c3ccco3)nc3ccccc23)cc(OC)c1OC. The van der Waals surface area contributed by atoms with Crippen molar-refractivity contribution in [3.63, 3.8) is 0 Å². The second-order valence-electron chi connectivity index (χ2n) is 6.28. The molecular formula is C22H21N3O4. The molecule has 4 rings (SSSR count). The molecule has 2 aromatic carbocycles. The number of ether oxygens (including phenoxy) is 3. The van der Waals surface area contributed by atoms with Crippen molar-refractivity contribution in [1.29, 1.82) is 0 Å². The molecule has 0 aliphatic rings. The van der Waals surface area contributed by atoms with E-state index in [-0.39, 0.29) is 0 Å². The molecule has 0 amide bonds. The first-order valence-corrected chi connectivity index (χ1v) is 9.07. The van der Waals surface area contributed by atoms with Crippen molar-refractivity contribution in [3.8, 4) is 28.8 Å². The summed E-state index contributed by atoms with van der Waals surface area (Å²) in [5.41, 5.74) is 1.79. The van der Waals surface area contributed by atoms with Crippen LogP contribution in [0, 0.1) is 0 Å². The third-order valence-corrected chi connectivity index (χ3v) is 4.53. The van der Waals surface area contributed by atoms with Crippen molar-refractivity contribution < 1.29 is 18.6 Å². The monoisotopic (exact) mass is 391 g/mol. The van der Waals surface area contributed by atoms with Crippen LogP contribution >= 0.6 is 0 Å². The number of hydrogen-bond acceptors (Lipinski definition) is 7. The molecule has 0 radical (unpaired) electrons. The Morgan fingerprint density at radius 1 is 0.897 bits per heavy atom. The van der Waals surface area contributed by atoms with E-state index in [4.69, 9.17) is 18.6 Å². The zero-order valence-electron chi connectivity index (χ0n) is 16.4. The molecule has 7 nitrogen and oxygen atoms in total. The average molecular weight is 391 g/mol. The predicted molar refractivity (Wildman–Crippen MR) is 111 cm³/mol. The van der Waals surface area contributed by atoms with E-state index < -0.39 is 0 Å². The highest BCUT2D eigenvalue weighted by atomic mass is 16.5. The van der Waals surface area contributed by atoms with E-state index in [9.17, 15) is 0 Å². The first kappa shape index (κ1) is 18.6. The van der Waals surface area contributed by atoms with Crippen LogP contribution < -0.4 is 19.5 Å². The van der Waals surface area contributed by atoms with Gasteiger partial charge in [0.15, 0.2) is 23.1 Å². The molecule has 0 fully saturated rings. The molecule has 2 aromatic heterocycles. The van der Waals surface area contributed by atoms with Crippen molar-refractivity contribution in [3.05, 3.63) is 60.4 Å². The minimum absolute atomic E-state index is 0.509. The maximum Gasteiger partial charge on any atom is 0.203 e. The molecule has 0 aliphatic heterocycles. The van der Waals surface area contributed by atoms with Crippen LogP contribution in [0.1, 0.15) is 5.56 Å². The summed E-state index contributed by atoms with van der Waals surface area (Å²) in [5.74, 6) is 3.63. The number of rotatable bonds is 7. The van der Waals surface area contributed by atoms with Gasteiger partial charge in [0, 0.05) is 11.9 Å². The van der Waals surface area contributed by atoms with Gasteiger partial charge < -0.3 is 23.9 Å². The lowest BCUT2D eigenvalue weighted by atomic mass is 10.1. The van der Waals surface area contributed by atoms with Gasteiger partial charge in [-0.15, -0.1) is 0 Å². The first-order valence-electron chi connectivity index (χ1n) is 9.07. The molecule has 0 saturated carbocycles. The molecule has 4 aromatic rings. The van der Waals surface area contributed by atoms with Gasteiger partial charge in [0.2, 0.25) is 5.75 Å². The summed E-state index contributed by atoms with van der Waals surface area (Å²) >= 11 is 0. The number of para-hydroxylation sites is 1. The quantitative estimate of drug-likeness (QED) is 0.496. The van der Waals surface area contributed by atoms with E-state index in [1.807, 2.05) is 48.5 Å². The minimum atomic E-state index is 0.509. The summed E-state index contributed by atoms with van der Waals surface area (Å²) in [6.07, 6.45) is 1.61. The number of aromatic nitrogens is 2. The zero-order chi connectivity index (χ0) is 20.2. The number of nitrogens with one attached hydrogen (secondary N) is 1. The lowest BCUT2D eigenvalue weighted by Crippen LogP contribution is -2.05. The van der Waals surface area contributed by atoms with Crippen LogP contribution in [0.25, 0.3) is 22.5 Å². The van der Waals surface area contributed by atoms with Gasteiger partial charge in [0.25, 0.3) is 0 Å². The number of anilines is 1. The highest BCUT2D eigenvalue weighted by molar-refractivity contribution is 5.90. The number of benzene rings is 2. The number of furan rings is 1. The predicted octanol–water partition coefficient (Wildman–Crippen LogP) is 4.53. The van der Waals surface area contributed by atoms with Crippen LogP contribution in [0.2, 0.25) is 0 Å². The fraction of sp³-hybridized carbons (Fsp3) is 0.182. The molecule has 148 valence electrons. The van der Waals surface area contributed by atoms with Crippen LogP contribution in [0.4, 0.5) is 5.82 Å². The molecule has 0 bridgehead atoms. The zero-order valence-corrected chi connectivity index (χ0v) is 16.4. The average Bonchev–Trinajstić information content (AvgIpc) is 3.31. The Labute approximate surface area is 168 Å². The van der Waals surface area contributed by atoms with Crippen LogP contribution in [0.15, 0.2) is 59.2 Å². The van der Waals surface area contributed by atoms with Gasteiger partial charge in [-0.05, 0) is 42.0 Å². The van der Waals surface area contributed by atoms with Gasteiger partial charge >= 0.3 is 0 Å². The number of fused-ring (bicyclic) bond motifs is 1. The highest BCUT2D eigenvalue weighted by Crippen LogP contribution is 2.38. The van der Waals surface area contributed by atoms with E-state index in [1.165, 1.54) is 0 Å². The smallest absolute Gasteiger partial charge is 0.203 e. The van der Waals surface area contributed by atoms with Gasteiger partial charge in [0.1, 0.15) is 5.82 Å². The number of hydrogen-bond donors (Lipinski definition) is 1. The first-order chi connectivity index (χ1) is 14.2. The normalized spacial score (nSPS) is 10.7. The summed E-state index contributed by atoms with van der Waals surface area (Å²) in [5, 5.41) is 4.33. The Morgan fingerprint density at radius 3 is 2.31 bits per heavy atom. The van der Waals surface area contributed by atoms with Crippen LogP contribution in [-0.2, 0) is 6.54 Å². The van der Waals surface area contributed by atoms with Crippen LogP contribution in [-0.4, -0.2) is 31.3 Å². The van der Waals surface area contributed by atoms with Crippen molar-refractivity contribution in [2.45, 2.75) is 6.54 Å². The molecule has 0 unspecified atom stereocenters. The lowest BCUT2D eigenvalue weighted by Gasteiger charge is -2.15. The Hall–Kier alpha value is -3.74. The lowest BCUT2D eigenvalue weighted by molar-refractivity contribution is 0.324. The molecular weight excluding hydrogens is 370 g/mol. The largest absolute Gasteiger partial charge is 0.493 e. The highest BCUT2D eigenvalue weighted by Gasteiger charge is 2.15. The summed E-state index contributed by atoms with van der Waals surface area (Å²) in [4.78, 5) is 9.28. The van der Waals surface area contributed by atoms with E-state index >= 15 is 0 Å². The van der Waals surface area contributed by atoms with Gasteiger partial charge in [0.05, 0.1) is 33.1 Å². The molecule has 0 saturated heterocycles. The van der Waals surface area contributed by atoms with Crippen molar-refractivity contribution in [1.82, 2.24) is 9.97 Å². The molecule has 1 N–H and O–H groups in total. The maximum absolute atomic E-state index is 5.47. The van der Waals surface area contributed by atoms with Gasteiger partial charge in [-0.1, -0.05) is 12.1 Å². The standard InChI is InChI=1S/C22H21N3O4/c1-26-18-11-14(12-19(27-2)20(18)28-3)13-23-21-15-7-4-5-8-16(15)24-22(25-21)17-9-6-10-29-17/h4-12H,13H2,1-3H3,(H,23,24,25). The van der Waals surface area contributed by atoms with Gasteiger partial charge in [-0.25, -0.2) is 9.97 Å². The summed E-state index contributed by atoms with van der Waals surface area (Å²) in [6, 6.07) is 15.3. The summed E-state index contributed by atoms with van der Waals surface area (Å²) in [7, 11) is 4.78. The number of nitrogens with zero attached hydrogens (tertiary/aromatic N) is 2. The second kappa shape index (κ2) is 8.10. The summed E-state index contributed by atoms with van der Waals surface area (Å²) < 4.78 is 21.7. The Balaban J connectivity index is 1.70. The van der Waals surface area contributed by atoms with Crippen LogP contribution in [0.5, 0.6) is 17.2 Å². The molecule has 0 spiro atoms.